The van der Waals surface area contributed by atoms with Crippen molar-refractivity contribution in [2.24, 2.45) is 0 Å². The van der Waals surface area contributed by atoms with Crippen LogP contribution in [0, 0.1) is 0 Å². The number of rotatable bonds is 51. The predicted octanol–water partition coefficient (Wildman–Crippen LogP) is 62.3. The fraction of sp³-hybridized carbons (Fsp3) is 0. The average Bonchev–Trinajstić information content (AvgIpc) is 3.42. The molecule has 0 rings (SSSR count). The second kappa shape index (κ2) is 82.5. The molecule has 0 bridgehead atoms. The molecule has 0 aliphatic carbocycles. The van der Waals surface area contributed by atoms with Gasteiger partial charge in [-0.15, -0.1) is 455 Å². The zero-order valence-electron chi connectivity index (χ0n) is 53.8. The molecule has 0 N–H and O–H groups in total. The van der Waals surface area contributed by atoms with E-state index in [2.05, 4.69) is 455 Å². The molecule has 0 saturated carbocycles. The van der Waals surface area contributed by atoms with Crippen LogP contribution in [0.4, 0.5) is 0 Å². The van der Waals surface area contributed by atoms with E-state index in [1.54, 1.807) is 0 Å². The number of hydrogen-bond donors (Lipinski definition) is 0. The van der Waals surface area contributed by atoms with Crippen LogP contribution in [0.5, 0.6) is 0 Å². The average molecular weight is 3360 g/mol. The highest BCUT2D eigenvalue weighted by atomic mass is 33.7. The molecule has 0 heterocycles. The summed E-state index contributed by atoms with van der Waals surface area (Å²) in [6.07, 6.45) is 0. The van der Waals surface area contributed by atoms with E-state index < -0.39 is 356 Å². The smallest absolute Gasteiger partial charge is 0.000000213 e. The highest BCUT2D eigenvalue weighted by Crippen LogP contribution is 3.55. The van der Waals surface area contributed by atoms with E-state index in [4.69, 9.17) is 17.9 Å². The van der Waals surface area contributed by atoms with Gasteiger partial charge in [-0.3, -0.25) is 0 Å². The minimum atomic E-state index is -0.705. The van der Waals surface area contributed by atoms with Gasteiger partial charge < -0.3 is 0 Å². The molecular formula is H105P105. The third-order valence-corrected chi connectivity index (χ3v) is 755. The van der Waals surface area contributed by atoms with Crippen molar-refractivity contribution in [3.8, 4) is 0 Å². The van der Waals surface area contributed by atoms with Crippen molar-refractivity contribution in [1.82, 2.24) is 0 Å². The summed E-state index contributed by atoms with van der Waals surface area (Å²) >= 11 is 0. The first-order valence-corrected chi connectivity index (χ1v) is 215. The SMILES string of the molecule is [PH]PP(P([PH])P)P(P(P)P)P(P(P(P(P)P)P(P)P)P(P(P)P)P(P)P)P(P(P(P(P)P)P(P)P)P(P(P)P)P(P)P)P(P(P(P(P(P)P)P(P)P)P(P(P)P)P(P)P)P(P(P(P)P)P(P)P)P(P(P)P)P(P)P)P(P(P(P(P)P)P(P)P)P(P(P)P)P(P)P)P(P(P(P)P)P(P)P)P(P(P)P)P(P)P. The quantitative estimate of drug-likeness (QED) is 0.0533. The van der Waals surface area contributed by atoms with Crippen LogP contribution in [0.15, 0.2) is 0 Å². The Bertz CT molecular complexity index is 1790. The molecule has 57 atom stereocenters. The van der Waals surface area contributed by atoms with Crippen molar-refractivity contribution < 1.29 is 0 Å². The van der Waals surface area contributed by atoms with Crippen LogP contribution in [0.2, 0.25) is 0 Å². The summed E-state index contributed by atoms with van der Waals surface area (Å²) in [6.45, 7) is -24.9. The van der Waals surface area contributed by atoms with E-state index in [0.717, 1.165) is 7.96 Å². The van der Waals surface area contributed by atoms with Gasteiger partial charge in [0.2, 0.25) is 0 Å². The maximum Gasteiger partial charge on any atom is -0.000000213 e. The zero-order chi connectivity index (χ0) is 83.2. The Kier molecular flexibility index (Phi) is 118. The Morgan fingerprint density at radius 1 is 0.114 bits per heavy atom. The van der Waals surface area contributed by atoms with Gasteiger partial charge in [-0.1, -0.05) is 25.8 Å². The summed E-state index contributed by atoms with van der Waals surface area (Å²) in [6, 6.07) is 0. The first-order valence-electron chi connectivity index (χ1n) is 23.9. The zero-order valence-corrected chi connectivity index (χ0v) is 161. The van der Waals surface area contributed by atoms with Gasteiger partial charge in [0, 0.05) is 0 Å². The van der Waals surface area contributed by atoms with Crippen molar-refractivity contribution in [2.75, 3.05) is 0 Å². The highest BCUT2D eigenvalue weighted by Gasteiger charge is 2.68. The molecule has 0 fully saturated rings. The third kappa shape index (κ3) is 52.9. The largest absolute Gasteiger partial charge is 0.102 e. The molecule has 0 amide bonds. The van der Waals surface area contributed by atoms with Gasteiger partial charge in [0.1, 0.15) is 0 Å². The fourth-order valence-corrected chi connectivity index (χ4v) is 1570. The summed E-state index contributed by atoms with van der Waals surface area (Å²) in [5.74, 6) is 0. The van der Waals surface area contributed by atoms with Crippen LogP contribution in [-0.4, -0.2) is 0 Å². The summed E-state index contributed by atoms with van der Waals surface area (Å²) in [4.78, 5) is 0. The summed E-state index contributed by atoms with van der Waals surface area (Å²) in [5.41, 5.74) is 0. The van der Waals surface area contributed by atoms with E-state index >= 15 is 0 Å². The molecule has 57 unspecified atom stereocenters. The maximum atomic E-state index is 4.95. The van der Waals surface area contributed by atoms with E-state index in [1.807, 2.05) is 0 Å². The second-order valence-corrected chi connectivity index (χ2v) is 451. The first kappa shape index (κ1) is 150. The highest BCUT2D eigenvalue weighted by molar-refractivity contribution is 9.61. The van der Waals surface area contributed by atoms with Crippen LogP contribution in [-0.2, 0) is 0 Å². The molecule has 2 radical (unpaired) electrons. The molecule has 0 aliphatic heterocycles. The Labute approximate surface area is 823 Å². The molecule has 105 heavy (non-hydrogen) atoms. The molecule has 0 aromatic carbocycles. The molecule has 105 heteroatoms. The Morgan fingerprint density at radius 3 is 0.238 bits per heavy atom. The lowest BCUT2D eigenvalue weighted by atomic mass is 28.3. The molecule has 630 valence electrons. The molecule has 0 aliphatic rings. The van der Waals surface area contributed by atoms with Crippen molar-refractivity contribution in [3.63, 3.8) is 0 Å². The first-order chi connectivity index (χ1) is 47.8. The van der Waals surface area contributed by atoms with Gasteiger partial charge >= 0.3 is 0 Å². The van der Waals surface area contributed by atoms with Crippen LogP contribution in [0.1, 0.15) is 0 Å². The molecule has 0 aromatic heterocycles. The third-order valence-electron chi connectivity index (χ3n) is 9.32. The lowest BCUT2D eigenvalue weighted by Crippen LogP contribution is -1.77. The predicted molar refractivity (Wildman–Crippen MR) is 873 cm³/mol. The van der Waals surface area contributed by atoms with Crippen LogP contribution >= 0.6 is 838 Å². The Hall–Kier alpha value is 45.1. The number of hydrogen-bond acceptors (Lipinski definition) is 0. The lowest BCUT2D eigenvalue weighted by molar-refractivity contribution is 4.29. The molecule has 0 spiro atoms. The van der Waals surface area contributed by atoms with Gasteiger partial charge in [0.25, 0.3) is 0 Å². The second-order valence-electron chi connectivity index (χ2n) is 16.7. The van der Waals surface area contributed by atoms with Gasteiger partial charge in [-0.25, -0.2) is 0 Å². The molecular weight excluding hydrogens is 3250 g/mol. The van der Waals surface area contributed by atoms with Crippen molar-refractivity contribution >= 4 is 838 Å². The minimum Gasteiger partial charge on any atom is -0.102 e. The van der Waals surface area contributed by atoms with Gasteiger partial charge in [-0.05, 0) is 356 Å². The van der Waals surface area contributed by atoms with Crippen LogP contribution < -0.4 is 0 Å². The van der Waals surface area contributed by atoms with Crippen LogP contribution in [0.3, 0.4) is 0 Å². The van der Waals surface area contributed by atoms with Crippen molar-refractivity contribution in [3.05, 3.63) is 0 Å². The van der Waals surface area contributed by atoms with Gasteiger partial charge in [-0.2, -0.15) is 0 Å². The maximum absolute atomic E-state index is 4.95. The molecule has 0 nitrogen and oxygen atoms in total. The Balaban J connectivity index is 15.1. The van der Waals surface area contributed by atoms with E-state index in [0.29, 0.717) is 0 Å². The Morgan fingerprint density at radius 2 is 0.181 bits per heavy atom. The van der Waals surface area contributed by atoms with Crippen molar-refractivity contribution in [1.29, 1.82) is 0 Å². The van der Waals surface area contributed by atoms with Crippen LogP contribution in [0.25, 0.3) is 0 Å². The van der Waals surface area contributed by atoms with E-state index in [-0.39, 0.29) is 0 Å². The van der Waals surface area contributed by atoms with Gasteiger partial charge in [0.05, 0.1) is 0 Å². The van der Waals surface area contributed by atoms with Gasteiger partial charge in [0.15, 0.2) is 0 Å². The van der Waals surface area contributed by atoms with Crippen molar-refractivity contribution in [2.45, 2.75) is 0 Å². The monoisotopic (exact) mass is 3360 g/mol. The van der Waals surface area contributed by atoms with E-state index in [9.17, 15) is 0 Å². The standard InChI is InChI=1S/H105P105/c1-54-81(55(2)3)94(80(52)53)101(95(82(56(4)5)57(6)7)83(58(8)9)59(10)11)104(100(92(76(44)45)77(46)47)93(78(48)49)79(50)51)105(102(96(84(60(12)13)61(14)15)85(62(16)17)63(18)19)97(86(64(20)21)65(22)23)87(66(24)25)67(26)27)103(98(88(68(28)29)69(30)31)89(70(32)33)71(34)35)99(90(72(36)37)73(38)39)91(74(40)41)75(42)43/h1-2,54H,3-53H2. The summed E-state index contributed by atoms with van der Waals surface area (Å²) in [7, 11) is 206. The normalized spacial score (nSPS) is 15.9. The molecule has 0 saturated heterocycles. The van der Waals surface area contributed by atoms with E-state index in [1.165, 1.54) is 0 Å². The topological polar surface area (TPSA) is 0 Å². The summed E-state index contributed by atoms with van der Waals surface area (Å²) < 4.78 is 0. The minimum absolute atomic E-state index is 0.421. The lowest BCUT2D eigenvalue weighted by Gasteiger charge is -2.64. The molecule has 0 aromatic rings. The summed E-state index contributed by atoms with van der Waals surface area (Å²) in [5, 5.41) is 0. The fourth-order valence-electron chi connectivity index (χ4n) is 6.46.